The van der Waals surface area contributed by atoms with E-state index in [1.165, 1.54) is 0 Å². The molecule has 0 aliphatic carbocycles. The third-order valence-corrected chi connectivity index (χ3v) is 3.84. The number of anilines is 1. The number of halogens is 1. The number of hydrogen-bond acceptors (Lipinski definition) is 4. The van der Waals surface area contributed by atoms with Gasteiger partial charge in [-0.25, -0.2) is 4.98 Å². The zero-order valence-corrected chi connectivity index (χ0v) is 10.4. The second-order valence-electron chi connectivity index (χ2n) is 3.98. The average Bonchev–Trinajstić information content (AvgIpc) is 2.84. The highest BCUT2D eigenvalue weighted by molar-refractivity contribution is 7.22. The number of benzene rings is 1. The van der Waals surface area contributed by atoms with Crippen molar-refractivity contribution in [2.24, 2.45) is 0 Å². The largest absolute Gasteiger partial charge is 0.356 e. The van der Waals surface area contributed by atoms with Gasteiger partial charge in [-0.2, -0.15) is 0 Å². The van der Waals surface area contributed by atoms with E-state index in [1.54, 1.807) is 11.3 Å². The van der Waals surface area contributed by atoms with Crippen molar-refractivity contribution in [1.29, 1.82) is 0 Å². The van der Waals surface area contributed by atoms with Gasteiger partial charge in [-0.3, -0.25) is 4.79 Å². The zero-order chi connectivity index (χ0) is 11.8. The first kappa shape index (κ1) is 10.8. The van der Waals surface area contributed by atoms with E-state index in [9.17, 15) is 4.79 Å². The van der Waals surface area contributed by atoms with Gasteiger partial charge < -0.3 is 10.6 Å². The number of nitrogens with zero attached hydrogens (tertiary/aromatic N) is 1. The van der Waals surface area contributed by atoms with Crippen molar-refractivity contribution >= 4 is 44.2 Å². The van der Waals surface area contributed by atoms with Crippen molar-refractivity contribution in [3.63, 3.8) is 0 Å². The number of hydrogen-bond donors (Lipinski definition) is 2. The molecule has 1 aromatic heterocycles. The Morgan fingerprint density at radius 1 is 1.53 bits per heavy atom. The minimum atomic E-state index is 0.0895. The summed E-state index contributed by atoms with van der Waals surface area (Å²) >= 11 is 7.47. The van der Waals surface area contributed by atoms with Crippen LogP contribution >= 0.6 is 22.9 Å². The van der Waals surface area contributed by atoms with Crippen LogP contribution in [0, 0.1) is 0 Å². The molecular formula is C11H10ClN3OS. The minimum Gasteiger partial charge on any atom is -0.356 e. The van der Waals surface area contributed by atoms with Gasteiger partial charge >= 0.3 is 0 Å². The van der Waals surface area contributed by atoms with Crippen molar-refractivity contribution in [2.75, 3.05) is 11.9 Å². The van der Waals surface area contributed by atoms with E-state index in [2.05, 4.69) is 15.6 Å². The van der Waals surface area contributed by atoms with Crippen LogP contribution < -0.4 is 10.6 Å². The molecule has 1 fully saturated rings. The number of thiazole rings is 1. The smallest absolute Gasteiger partial charge is 0.222 e. The molecule has 1 amide bonds. The van der Waals surface area contributed by atoms with Crippen molar-refractivity contribution < 1.29 is 4.79 Å². The van der Waals surface area contributed by atoms with Crippen molar-refractivity contribution in [3.05, 3.63) is 23.2 Å². The molecule has 1 aromatic carbocycles. The third-order valence-electron chi connectivity index (χ3n) is 2.66. The van der Waals surface area contributed by atoms with Crippen LogP contribution in [0.1, 0.15) is 6.42 Å². The second-order valence-corrected chi connectivity index (χ2v) is 5.45. The van der Waals surface area contributed by atoms with Gasteiger partial charge in [0, 0.05) is 18.0 Å². The molecule has 0 saturated carbocycles. The molecule has 88 valence electrons. The summed E-state index contributed by atoms with van der Waals surface area (Å²) in [6.07, 6.45) is 0.511. The molecule has 0 bridgehead atoms. The van der Waals surface area contributed by atoms with Gasteiger partial charge in [0.2, 0.25) is 5.91 Å². The Balaban J connectivity index is 1.83. The van der Waals surface area contributed by atoms with E-state index in [0.29, 0.717) is 18.0 Å². The summed E-state index contributed by atoms with van der Waals surface area (Å²) in [5, 5.41) is 7.60. The number of fused-ring (bicyclic) bond motifs is 1. The van der Waals surface area contributed by atoms with Gasteiger partial charge in [0.25, 0.3) is 0 Å². The molecule has 0 spiro atoms. The monoisotopic (exact) mass is 267 g/mol. The highest BCUT2D eigenvalue weighted by atomic mass is 35.5. The molecule has 1 saturated heterocycles. The van der Waals surface area contributed by atoms with Gasteiger partial charge in [0.1, 0.15) is 0 Å². The molecular weight excluding hydrogens is 258 g/mol. The SMILES string of the molecule is O=C1CC(Nc2nc3ccc(Cl)cc3s2)CN1. The van der Waals surface area contributed by atoms with E-state index in [-0.39, 0.29) is 11.9 Å². The van der Waals surface area contributed by atoms with Gasteiger partial charge in [0.15, 0.2) is 5.13 Å². The standard InChI is InChI=1S/C11H10ClN3OS/c12-6-1-2-8-9(3-6)17-11(15-8)14-7-4-10(16)13-5-7/h1-3,7H,4-5H2,(H,13,16)(H,14,15). The lowest BCUT2D eigenvalue weighted by Gasteiger charge is -2.07. The van der Waals surface area contributed by atoms with Gasteiger partial charge in [0.05, 0.1) is 16.3 Å². The van der Waals surface area contributed by atoms with Gasteiger partial charge in [-0.15, -0.1) is 0 Å². The summed E-state index contributed by atoms with van der Waals surface area (Å²) in [5.41, 5.74) is 0.930. The summed E-state index contributed by atoms with van der Waals surface area (Å²) in [7, 11) is 0. The van der Waals surface area contributed by atoms with E-state index in [0.717, 1.165) is 15.3 Å². The lowest BCUT2D eigenvalue weighted by Crippen LogP contribution is -2.22. The van der Waals surface area contributed by atoms with E-state index >= 15 is 0 Å². The van der Waals surface area contributed by atoms with Crippen LogP contribution in [0.5, 0.6) is 0 Å². The third kappa shape index (κ3) is 2.21. The Morgan fingerprint density at radius 2 is 2.41 bits per heavy atom. The van der Waals surface area contributed by atoms with Crippen molar-refractivity contribution in [2.45, 2.75) is 12.5 Å². The molecule has 1 unspecified atom stereocenters. The Bertz CT molecular complexity index is 583. The van der Waals surface area contributed by atoms with Crippen molar-refractivity contribution in [3.8, 4) is 0 Å². The van der Waals surface area contributed by atoms with E-state index in [4.69, 9.17) is 11.6 Å². The highest BCUT2D eigenvalue weighted by Gasteiger charge is 2.21. The Labute approximate surface area is 107 Å². The molecule has 4 nitrogen and oxygen atoms in total. The number of rotatable bonds is 2. The summed E-state index contributed by atoms with van der Waals surface area (Å²) in [6.45, 7) is 0.662. The number of carbonyl (C=O) groups is 1. The predicted molar refractivity (Wildman–Crippen MR) is 69.7 cm³/mol. The van der Waals surface area contributed by atoms with E-state index in [1.807, 2.05) is 18.2 Å². The topological polar surface area (TPSA) is 54.0 Å². The first-order valence-corrected chi connectivity index (χ1v) is 6.49. The minimum absolute atomic E-state index is 0.0895. The number of amides is 1. The summed E-state index contributed by atoms with van der Waals surface area (Å²) in [6, 6.07) is 5.77. The van der Waals surface area contributed by atoms with Gasteiger partial charge in [-0.1, -0.05) is 22.9 Å². The fourth-order valence-electron chi connectivity index (χ4n) is 1.84. The van der Waals surface area contributed by atoms with Crippen LogP contribution in [0.25, 0.3) is 10.2 Å². The average molecular weight is 268 g/mol. The second kappa shape index (κ2) is 4.16. The van der Waals surface area contributed by atoms with Crippen LogP contribution in [-0.4, -0.2) is 23.5 Å². The Kier molecular flexibility index (Phi) is 2.64. The van der Waals surface area contributed by atoms with Gasteiger partial charge in [-0.05, 0) is 18.2 Å². The lowest BCUT2D eigenvalue weighted by atomic mass is 10.3. The predicted octanol–water partition coefficient (Wildman–Crippen LogP) is 2.25. The highest BCUT2D eigenvalue weighted by Crippen LogP contribution is 2.29. The number of nitrogens with one attached hydrogen (secondary N) is 2. The molecule has 1 aliphatic rings. The fourth-order valence-corrected chi connectivity index (χ4v) is 3.06. The van der Waals surface area contributed by atoms with E-state index < -0.39 is 0 Å². The first-order valence-electron chi connectivity index (χ1n) is 5.30. The summed E-state index contributed by atoms with van der Waals surface area (Å²) < 4.78 is 1.05. The maximum Gasteiger partial charge on any atom is 0.222 e. The van der Waals surface area contributed by atoms with Crippen molar-refractivity contribution in [1.82, 2.24) is 10.3 Å². The normalized spacial score (nSPS) is 19.6. The summed E-state index contributed by atoms with van der Waals surface area (Å²) in [4.78, 5) is 15.5. The Morgan fingerprint density at radius 3 is 3.18 bits per heavy atom. The molecule has 3 rings (SSSR count). The van der Waals surface area contributed by atoms with Crippen LogP contribution in [0.15, 0.2) is 18.2 Å². The summed E-state index contributed by atoms with van der Waals surface area (Å²) in [5.74, 6) is 0.0895. The van der Waals surface area contributed by atoms with Crippen LogP contribution in [0.3, 0.4) is 0 Å². The molecule has 1 atom stereocenters. The molecule has 2 heterocycles. The maximum atomic E-state index is 11.1. The fraction of sp³-hybridized carbons (Fsp3) is 0.273. The maximum absolute atomic E-state index is 11.1. The van der Waals surface area contributed by atoms with Crippen LogP contribution in [0.2, 0.25) is 5.02 Å². The van der Waals surface area contributed by atoms with Crippen LogP contribution in [0.4, 0.5) is 5.13 Å². The quantitative estimate of drug-likeness (QED) is 0.878. The van der Waals surface area contributed by atoms with Crippen LogP contribution in [-0.2, 0) is 4.79 Å². The first-order chi connectivity index (χ1) is 8.20. The number of carbonyl (C=O) groups excluding carboxylic acids is 1. The number of aromatic nitrogens is 1. The molecule has 2 aromatic rings. The Hall–Kier alpha value is -1.33. The molecule has 17 heavy (non-hydrogen) atoms. The molecule has 2 N–H and O–H groups in total. The molecule has 6 heteroatoms. The zero-order valence-electron chi connectivity index (χ0n) is 8.87. The molecule has 0 radical (unpaired) electrons. The lowest BCUT2D eigenvalue weighted by molar-refractivity contribution is -0.119. The molecule has 1 aliphatic heterocycles.